The van der Waals surface area contributed by atoms with Gasteiger partial charge in [0.25, 0.3) is 0 Å². The SMILES string of the molecule is Cl.O=S(=O)(Cc1ccccc1)NCC1NCCc2ccccc21. The molecule has 124 valence electrons. The van der Waals surface area contributed by atoms with Crippen molar-refractivity contribution in [1.29, 1.82) is 0 Å². The van der Waals surface area contributed by atoms with E-state index in [0.29, 0.717) is 6.54 Å². The summed E-state index contributed by atoms with van der Waals surface area (Å²) in [7, 11) is -3.33. The lowest BCUT2D eigenvalue weighted by molar-refractivity contribution is 0.491. The summed E-state index contributed by atoms with van der Waals surface area (Å²) >= 11 is 0. The largest absolute Gasteiger partial charge is 0.308 e. The molecule has 23 heavy (non-hydrogen) atoms. The summed E-state index contributed by atoms with van der Waals surface area (Å²) in [6, 6.07) is 17.5. The Morgan fingerprint density at radius 3 is 2.52 bits per heavy atom. The third-order valence-electron chi connectivity index (χ3n) is 3.92. The molecule has 1 aliphatic rings. The molecule has 0 aliphatic carbocycles. The smallest absolute Gasteiger partial charge is 0.215 e. The van der Waals surface area contributed by atoms with Crippen LogP contribution in [0.1, 0.15) is 22.7 Å². The fraction of sp³-hybridized carbons (Fsp3) is 0.294. The van der Waals surface area contributed by atoms with Crippen molar-refractivity contribution in [3.63, 3.8) is 0 Å². The van der Waals surface area contributed by atoms with Gasteiger partial charge in [-0.2, -0.15) is 0 Å². The molecule has 1 heterocycles. The number of benzene rings is 2. The van der Waals surface area contributed by atoms with E-state index in [4.69, 9.17) is 0 Å². The highest BCUT2D eigenvalue weighted by Gasteiger charge is 2.21. The molecule has 1 atom stereocenters. The third kappa shape index (κ3) is 4.78. The highest BCUT2D eigenvalue weighted by Crippen LogP contribution is 2.22. The van der Waals surface area contributed by atoms with E-state index in [0.717, 1.165) is 18.5 Å². The van der Waals surface area contributed by atoms with Crippen molar-refractivity contribution >= 4 is 22.4 Å². The molecule has 2 aromatic carbocycles. The fourth-order valence-corrected chi connectivity index (χ4v) is 3.98. The predicted octanol–water partition coefficient (Wildman–Crippen LogP) is 2.41. The first-order chi connectivity index (χ1) is 10.6. The van der Waals surface area contributed by atoms with Crippen molar-refractivity contribution in [3.8, 4) is 0 Å². The standard InChI is InChI=1S/C17H20N2O2S.ClH/c20-22(21,13-14-6-2-1-3-7-14)19-12-17-16-9-5-4-8-15(16)10-11-18-17;/h1-9,17-19H,10-13H2;1H. The molecule has 2 aromatic rings. The van der Waals surface area contributed by atoms with E-state index in [1.165, 1.54) is 11.1 Å². The van der Waals surface area contributed by atoms with Gasteiger partial charge >= 0.3 is 0 Å². The Balaban J connectivity index is 0.00000192. The third-order valence-corrected chi connectivity index (χ3v) is 5.24. The topological polar surface area (TPSA) is 58.2 Å². The lowest BCUT2D eigenvalue weighted by atomic mass is 9.95. The second kappa shape index (κ2) is 7.93. The van der Waals surface area contributed by atoms with Gasteiger partial charge < -0.3 is 5.32 Å². The molecule has 0 fully saturated rings. The highest BCUT2D eigenvalue weighted by molar-refractivity contribution is 7.88. The number of fused-ring (bicyclic) bond motifs is 1. The Morgan fingerprint density at radius 1 is 1.04 bits per heavy atom. The average molecular weight is 353 g/mol. The Morgan fingerprint density at radius 2 is 1.74 bits per heavy atom. The summed E-state index contributed by atoms with van der Waals surface area (Å²) in [5.74, 6) is 0.0161. The zero-order chi connectivity index (χ0) is 15.4. The van der Waals surface area contributed by atoms with E-state index in [9.17, 15) is 8.42 Å². The number of sulfonamides is 1. The van der Waals surface area contributed by atoms with E-state index >= 15 is 0 Å². The second-order valence-electron chi connectivity index (χ2n) is 5.55. The molecule has 1 aliphatic heterocycles. The van der Waals surface area contributed by atoms with E-state index in [2.05, 4.69) is 22.2 Å². The molecule has 1 unspecified atom stereocenters. The van der Waals surface area contributed by atoms with Gasteiger partial charge in [-0.3, -0.25) is 0 Å². The quantitative estimate of drug-likeness (QED) is 0.868. The zero-order valence-electron chi connectivity index (χ0n) is 12.7. The Labute approximate surface area is 143 Å². The van der Waals surface area contributed by atoms with Crippen LogP contribution in [0.3, 0.4) is 0 Å². The molecule has 0 saturated carbocycles. The summed E-state index contributed by atoms with van der Waals surface area (Å²) in [6.07, 6.45) is 0.990. The summed E-state index contributed by atoms with van der Waals surface area (Å²) < 4.78 is 27.2. The van der Waals surface area contributed by atoms with Crippen LogP contribution in [-0.4, -0.2) is 21.5 Å². The van der Waals surface area contributed by atoms with Crippen LogP contribution in [0.25, 0.3) is 0 Å². The molecular weight excluding hydrogens is 332 g/mol. The van der Waals surface area contributed by atoms with Crippen molar-refractivity contribution < 1.29 is 8.42 Å². The van der Waals surface area contributed by atoms with Crippen LogP contribution in [0, 0.1) is 0 Å². The van der Waals surface area contributed by atoms with Gasteiger partial charge in [0.1, 0.15) is 0 Å². The molecule has 0 radical (unpaired) electrons. The summed E-state index contributed by atoms with van der Waals surface area (Å²) in [5.41, 5.74) is 3.29. The Bertz CT molecular complexity index is 735. The Kier molecular flexibility index (Phi) is 6.18. The number of rotatable bonds is 5. The van der Waals surface area contributed by atoms with Crippen LogP contribution >= 0.6 is 12.4 Å². The van der Waals surface area contributed by atoms with Crippen molar-refractivity contribution in [2.24, 2.45) is 0 Å². The van der Waals surface area contributed by atoms with Crippen LogP contribution in [0.2, 0.25) is 0 Å². The van der Waals surface area contributed by atoms with Crippen molar-refractivity contribution in [2.75, 3.05) is 13.1 Å². The highest BCUT2D eigenvalue weighted by atomic mass is 35.5. The van der Waals surface area contributed by atoms with Gasteiger partial charge in [-0.05, 0) is 29.7 Å². The van der Waals surface area contributed by atoms with Crippen molar-refractivity contribution in [1.82, 2.24) is 10.0 Å². The molecule has 0 saturated heterocycles. The minimum absolute atomic E-state index is 0. The van der Waals surface area contributed by atoms with Crippen LogP contribution in [0.4, 0.5) is 0 Å². The van der Waals surface area contributed by atoms with Gasteiger partial charge in [0, 0.05) is 12.6 Å². The summed E-state index contributed by atoms with van der Waals surface area (Å²) in [6.45, 7) is 1.26. The molecule has 3 rings (SSSR count). The molecule has 0 aromatic heterocycles. The minimum Gasteiger partial charge on any atom is -0.308 e. The molecule has 0 spiro atoms. The maximum Gasteiger partial charge on any atom is 0.215 e. The average Bonchev–Trinajstić information content (AvgIpc) is 2.53. The van der Waals surface area contributed by atoms with Gasteiger partial charge in [-0.25, -0.2) is 13.1 Å². The van der Waals surface area contributed by atoms with Crippen LogP contribution in [-0.2, 0) is 22.2 Å². The molecule has 0 amide bonds. The van der Waals surface area contributed by atoms with Crippen LogP contribution in [0.15, 0.2) is 54.6 Å². The first-order valence-corrected chi connectivity index (χ1v) is 9.12. The van der Waals surface area contributed by atoms with Gasteiger partial charge in [0.15, 0.2) is 0 Å². The number of halogens is 1. The van der Waals surface area contributed by atoms with Gasteiger partial charge in [0.05, 0.1) is 5.75 Å². The van der Waals surface area contributed by atoms with Crippen molar-refractivity contribution in [2.45, 2.75) is 18.2 Å². The molecule has 0 bridgehead atoms. The van der Waals surface area contributed by atoms with E-state index in [-0.39, 0.29) is 24.2 Å². The monoisotopic (exact) mass is 352 g/mol. The molecule has 2 N–H and O–H groups in total. The Hall–Kier alpha value is -1.40. The first kappa shape index (κ1) is 17.9. The van der Waals surface area contributed by atoms with Gasteiger partial charge in [0.2, 0.25) is 10.0 Å². The van der Waals surface area contributed by atoms with Crippen LogP contribution < -0.4 is 10.0 Å². The maximum atomic E-state index is 12.2. The summed E-state index contributed by atoms with van der Waals surface area (Å²) in [5, 5.41) is 3.38. The van der Waals surface area contributed by atoms with Gasteiger partial charge in [-0.15, -0.1) is 12.4 Å². The predicted molar refractivity (Wildman–Crippen MR) is 95.2 cm³/mol. The minimum atomic E-state index is -3.33. The zero-order valence-corrected chi connectivity index (χ0v) is 14.4. The normalized spacial score (nSPS) is 17.1. The van der Waals surface area contributed by atoms with Crippen LogP contribution in [0.5, 0.6) is 0 Å². The lowest BCUT2D eigenvalue weighted by Gasteiger charge is -2.27. The molecule has 6 heteroatoms. The first-order valence-electron chi connectivity index (χ1n) is 7.46. The molecular formula is C17H21ClN2O2S. The molecule has 4 nitrogen and oxygen atoms in total. The fourth-order valence-electron chi connectivity index (χ4n) is 2.83. The number of hydrogen-bond acceptors (Lipinski definition) is 3. The van der Waals surface area contributed by atoms with E-state index in [1.807, 2.05) is 42.5 Å². The lowest BCUT2D eigenvalue weighted by Crippen LogP contribution is -2.39. The van der Waals surface area contributed by atoms with Crippen molar-refractivity contribution in [3.05, 3.63) is 71.3 Å². The van der Waals surface area contributed by atoms with Gasteiger partial charge in [-0.1, -0.05) is 54.6 Å². The maximum absolute atomic E-state index is 12.2. The van der Waals surface area contributed by atoms with E-state index in [1.54, 1.807) is 0 Å². The number of nitrogens with one attached hydrogen (secondary N) is 2. The second-order valence-corrected chi connectivity index (χ2v) is 7.36. The van der Waals surface area contributed by atoms with E-state index < -0.39 is 10.0 Å². The summed E-state index contributed by atoms with van der Waals surface area (Å²) in [4.78, 5) is 0. The number of hydrogen-bond donors (Lipinski definition) is 2.